The van der Waals surface area contributed by atoms with Crippen molar-refractivity contribution in [1.82, 2.24) is 0 Å². The van der Waals surface area contributed by atoms with Crippen molar-refractivity contribution in [2.24, 2.45) is 5.92 Å². The summed E-state index contributed by atoms with van der Waals surface area (Å²) >= 11 is 1.41. The molecule has 1 N–H and O–H groups in total. The van der Waals surface area contributed by atoms with Crippen LogP contribution in [0.1, 0.15) is 94.5 Å². The quantitative estimate of drug-likeness (QED) is 0.249. The van der Waals surface area contributed by atoms with Crippen LogP contribution in [0.15, 0.2) is 65.6 Å². The highest BCUT2D eigenvalue weighted by Crippen LogP contribution is 2.41. The number of methoxy groups -OCH3 is 2. The number of carbonyl (C=O) groups is 1. The molecule has 0 bridgehead atoms. The van der Waals surface area contributed by atoms with Crippen molar-refractivity contribution in [3.05, 3.63) is 82.9 Å². The summed E-state index contributed by atoms with van der Waals surface area (Å²) < 4.78 is 10.7. The van der Waals surface area contributed by atoms with Crippen molar-refractivity contribution in [1.29, 1.82) is 0 Å². The molecule has 0 unspecified atom stereocenters. The van der Waals surface area contributed by atoms with Gasteiger partial charge in [-0.3, -0.25) is 4.79 Å². The van der Waals surface area contributed by atoms with Crippen molar-refractivity contribution in [3.8, 4) is 11.5 Å². The molecule has 0 spiro atoms. The lowest BCUT2D eigenvalue weighted by atomic mass is 9.89. The van der Waals surface area contributed by atoms with Crippen LogP contribution in [0.2, 0.25) is 0 Å². The minimum absolute atomic E-state index is 0.146. The van der Waals surface area contributed by atoms with Gasteiger partial charge in [0.1, 0.15) is 11.5 Å². The molecule has 0 heterocycles. The molecular weight excluding hydrogens is 490 g/mol. The van der Waals surface area contributed by atoms with Crippen LogP contribution in [-0.4, -0.2) is 19.3 Å². The molecule has 0 aliphatic rings. The van der Waals surface area contributed by atoms with Gasteiger partial charge in [-0.25, -0.2) is 0 Å². The first-order chi connectivity index (χ1) is 18.0. The van der Waals surface area contributed by atoms with Crippen molar-refractivity contribution >= 4 is 22.6 Å². The molecule has 2 atom stereocenters. The van der Waals surface area contributed by atoms with Gasteiger partial charge in [0.05, 0.1) is 26.2 Å². The molecule has 0 amide bonds. The van der Waals surface area contributed by atoms with Gasteiger partial charge < -0.3 is 14.8 Å². The van der Waals surface area contributed by atoms with Crippen LogP contribution >= 0.6 is 11.8 Å². The molecule has 0 radical (unpaired) electrons. The largest absolute Gasteiger partial charge is 0.497 e. The molecule has 0 fully saturated rings. The Morgan fingerprint density at radius 1 is 0.684 bits per heavy atom. The molecule has 4 nitrogen and oxygen atoms in total. The second kappa shape index (κ2) is 13.2. The first kappa shape index (κ1) is 29.6. The number of benzene rings is 3. The SMILES string of the molecule is COc1ccc(N[C@H](c2ccc(OC)cc2)[C@@H](C)C(=O)Sc2c(C(C)C)cc(C(C)C)cc2C(C)C)cc1. The number of anilines is 1. The van der Waals surface area contributed by atoms with E-state index in [4.69, 9.17) is 9.47 Å². The standard InChI is InChI=1S/C33H43NO3S/c1-20(2)25-18-29(21(3)4)32(30(19-25)22(5)6)38-33(35)23(7)31(24-10-14-27(36-8)15-11-24)34-26-12-16-28(37-9)17-13-26/h10-23,31,34H,1-9H3/t23-,31+/m1/s1. The maximum Gasteiger partial charge on any atom is 0.198 e. The molecule has 3 rings (SSSR count). The number of nitrogens with one attached hydrogen (secondary N) is 1. The average Bonchev–Trinajstić information content (AvgIpc) is 2.91. The third-order valence-electron chi connectivity index (χ3n) is 7.04. The van der Waals surface area contributed by atoms with E-state index in [9.17, 15) is 4.79 Å². The van der Waals surface area contributed by atoms with Crippen LogP contribution in [0.25, 0.3) is 0 Å². The molecule has 204 valence electrons. The van der Waals surface area contributed by atoms with Crippen molar-refractivity contribution in [2.75, 3.05) is 19.5 Å². The zero-order valence-electron chi connectivity index (χ0n) is 24.3. The van der Waals surface area contributed by atoms with E-state index < -0.39 is 0 Å². The van der Waals surface area contributed by atoms with Crippen LogP contribution in [0, 0.1) is 5.92 Å². The van der Waals surface area contributed by atoms with Crippen LogP contribution in [-0.2, 0) is 4.79 Å². The van der Waals surface area contributed by atoms with Crippen LogP contribution in [0.3, 0.4) is 0 Å². The van der Waals surface area contributed by atoms with E-state index in [0.717, 1.165) is 27.6 Å². The van der Waals surface area contributed by atoms with E-state index >= 15 is 0 Å². The summed E-state index contributed by atoms with van der Waals surface area (Å²) in [4.78, 5) is 15.1. The Hall–Kier alpha value is -2.92. The Kier molecular flexibility index (Phi) is 10.3. The van der Waals surface area contributed by atoms with E-state index in [0.29, 0.717) is 17.8 Å². The molecular formula is C33H43NO3S. The van der Waals surface area contributed by atoms with Gasteiger partial charge in [0, 0.05) is 10.6 Å². The number of carbonyl (C=O) groups excluding carboxylic acids is 1. The highest BCUT2D eigenvalue weighted by molar-refractivity contribution is 8.13. The molecule has 5 heteroatoms. The first-order valence-corrected chi connectivity index (χ1v) is 14.3. The Morgan fingerprint density at radius 2 is 1.16 bits per heavy atom. The Labute approximate surface area is 233 Å². The van der Waals surface area contributed by atoms with Gasteiger partial charge in [-0.15, -0.1) is 0 Å². The molecule has 0 saturated heterocycles. The predicted octanol–water partition coefficient (Wildman–Crippen LogP) is 9.18. The van der Waals surface area contributed by atoms with Crippen LogP contribution in [0.5, 0.6) is 11.5 Å². The van der Waals surface area contributed by atoms with Gasteiger partial charge >= 0.3 is 0 Å². The number of rotatable bonds is 11. The molecule has 3 aromatic carbocycles. The topological polar surface area (TPSA) is 47.6 Å². The van der Waals surface area contributed by atoms with Gasteiger partial charge in [0.15, 0.2) is 5.12 Å². The average molecular weight is 534 g/mol. The lowest BCUT2D eigenvalue weighted by Gasteiger charge is -2.27. The van der Waals surface area contributed by atoms with Crippen LogP contribution < -0.4 is 14.8 Å². The van der Waals surface area contributed by atoms with E-state index in [1.807, 2.05) is 55.5 Å². The van der Waals surface area contributed by atoms with Gasteiger partial charge in [0.25, 0.3) is 0 Å². The predicted molar refractivity (Wildman–Crippen MR) is 161 cm³/mol. The van der Waals surface area contributed by atoms with E-state index in [-0.39, 0.29) is 17.1 Å². The van der Waals surface area contributed by atoms with Crippen LogP contribution in [0.4, 0.5) is 5.69 Å². The fraction of sp³-hybridized carbons (Fsp3) is 0.424. The zero-order valence-corrected chi connectivity index (χ0v) is 25.1. The van der Waals surface area contributed by atoms with Crippen molar-refractivity contribution in [2.45, 2.75) is 77.2 Å². The summed E-state index contributed by atoms with van der Waals surface area (Å²) in [6.07, 6.45) is 0. The molecule has 0 aliphatic heterocycles. The Morgan fingerprint density at radius 3 is 1.58 bits per heavy atom. The number of hydrogen-bond acceptors (Lipinski definition) is 5. The highest BCUT2D eigenvalue weighted by atomic mass is 32.2. The van der Waals surface area contributed by atoms with Crippen molar-refractivity contribution < 1.29 is 14.3 Å². The Bertz CT molecular complexity index is 1170. The van der Waals surface area contributed by atoms with Gasteiger partial charge in [-0.05, 0) is 76.4 Å². The Balaban J connectivity index is 1.99. The minimum atomic E-state index is -0.291. The maximum absolute atomic E-state index is 14.0. The monoisotopic (exact) mass is 533 g/mol. The van der Waals surface area contributed by atoms with E-state index in [1.165, 1.54) is 28.5 Å². The summed E-state index contributed by atoms with van der Waals surface area (Å²) in [6.45, 7) is 15.3. The second-order valence-corrected chi connectivity index (χ2v) is 11.8. The van der Waals surface area contributed by atoms with Gasteiger partial charge in [-0.1, -0.05) is 84.5 Å². The van der Waals surface area contributed by atoms with E-state index in [2.05, 4.69) is 59.0 Å². The molecule has 3 aromatic rings. The number of hydrogen-bond donors (Lipinski definition) is 1. The third kappa shape index (κ3) is 7.13. The third-order valence-corrected chi connectivity index (χ3v) is 8.29. The zero-order chi connectivity index (χ0) is 28.0. The molecule has 0 aliphatic carbocycles. The molecule has 0 saturated carbocycles. The lowest BCUT2D eigenvalue weighted by Crippen LogP contribution is -2.24. The minimum Gasteiger partial charge on any atom is -0.497 e. The summed E-state index contributed by atoms with van der Waals surface area (Å²) in [6, 6.07) is 20.2. The number of ether oxygens (including phenoxy) is 2. The lowest BCUT2D eigenvalue weighted by molar-refractivity contribution is -0.114. The smallest absolute Gasteiger partial charge is 0.198 e. The summed E-state index contributed by atoms with van der Waals surface area (Å²) in [5.74, 6) is 2.38. The fourth-order valence-corrected chi connectivity index (χ4v) is 5.86. The normalized spacial score (nSPS) is 13.1. The molecule has 38 heavy (non-hydrogen) atoms. The first-order valence-electron chi connectivity index (χ1n) is 13.5. The van der Waals surface area contributed by atoms with Gasteiger partial charge in [0.2, 0.25) is 0 Å². The summed E-state index contributed by atoms with van der Waals surface area (Å²) in [7, 11) is 3.32. The second-order valence-electron chi connectivity index (χ2n) is 10.8. The number of thioether (sulfide) groups is 1. The van der Waals surface area contributed by atoms with Gasteiger partial charge in [-0.2, -0.15) is 0 Å². The fourth-order valence-electron chi connectivity index (χ4n) is 4.51. The highest BCUT2D eigenvalue weighted by Gasteiger charge is 2.29. The molecule has 0 aromatic heterocycles. The van der Waals surface area contributed by atoms with Crippen molar-refractivity contribution in [3.63, 3.8) is 0 Å². The van der Waals surface area contributed by atoms with E-state index in [1.54, 1.807) is 14.2 Å². The summed E-state index contributed by atoms with van der Waals surface area (Å²) in [5.41, 5.74) is 5.82. The maximum atomic E-state index is 14.0. The summed E-state index contributed by atoms with van der Waals surface area (Å²) in [5, 5.41) is 3.77.